The van der Waals surface area contributed by atoms with Gasteiger partial charge in [0.1, 0.15) is 5.60 Å². The number of amides is 2. The van der Waals surface area contributed by atoms with Crippen molar-refractivity contribution >= 4 is 23.5 Å². The van der Waals surface area contributed by atoms with Gasteiger partial charge in [-0.3, -0.25) is 14.5 Å². The number of hydrogen-bond donors (Lipinski definition) is 0. The van der Waals surface area contributed by atoms with E-state index in [4.69, 9.17) is 4.74 Å². The zero-order chi connectivity index (χ0) is 17.7. The topological polar surface area (TPSA) is 63.7 Å². The lowest BCUT2D eigenvalue weighted by molar-refractivity contribution is -0.150. The molecule has 1 fully saturated rings. The number of imide groups is 1. The summed E-state index contributed by atoms with van der Waals surface area (Å²) in [5.41, 5.74) is -2.05. The number of rotatable bonds is 2. The molecule has 1 aromatic rings. The predicted octanol–water partition coefficient (Wildman–Crippen LogP) is 2.46. The van der Waals surface area contributed by atoms with E-state index in [0.29, 0.717) is 0 Å². The number of alkyl halides is 3. The van der Waals surface area contributed by atoms with Crippen LogP contribution in [-0.2, 0) is 25.3 Å². The summed E-state index contributed by atoms with van der Waals surface area (Å²) in [6.45, 7) is 1.51. The number of carbonyl (C=O) groups is 3. The zero-order valence-corrected chi connectivity index (χ0v) is 12.5. The SMILES string of the molecule is C[C@@]1([C@H]2CC(=O)N(c3ccc(C(F)(F)F)cc3)C2=O)C=CC(=O)O1. The Hall–Kier alpha value is -2.64. The maximum absolute atomic E-state index is 12.6. The Labute approximate surface area is 134 Å². The number of ether oxygens (including phenoxy) is 1. The smallest absolute Gasteiger partial charge is 0.416 e. The highest BCUT2D eigenvalue weighted by atomic mass is 19.4. The van der Waals surface area contributed by atoms with Crippen molar-refractivity contribution in [2.75, 3.05) is 4.90 Å². The monoisotopic (exact) mass is 339 g/mol. The highest BCUT2D eigenvalue weighted by molar-refractivity contribution is 6.21. The summed E-state index contributed by atoms with van der Waals surface area (Å²) in [4.78, 5) is 36.8. The third kappa shape index (κ3) is 2.57. The van der Waals surface area contributed by atoms with Gasteiger partial charge in [0.25, 0.3) is 0 Å². The number of hydrogen-bond acceptors (Lipinski definition) is 4. The number of carbonyl (C=O) groups excluding carboxylic acids is 3. The average Bonchev–Trinajstić information content (AvgIpc) is 2.99. The molecule has 2 heterocycles. The minimum atomic E-state index is -4.50. The molecular weight excluding hydrogens is 327 g/mol. The van der Waals surface area contributed by atoms with Crippen molar-refractivity contribution in [1.29, 1.82) is 0 Å². The molecule has 2 aliphatic heterocycles. The molecule has 0 aromatic heterocycles. The summed E-state index contributed by atoms with van der Waals surface area (Å²) >= 11 is 0. The Kier molecular flexibility index (Phi) is 3.51. The quantitative estimate of drug-likeness (QED) is 0.613. The molecule has 0 saturated carbocycles. The van der Waals surface area contributed by atoms with Crippen LogP contribution < -0.4 is 4.90 Å². The first-order valence-corrected chi connectivity index (χ1v) is 7.08. The Balaban J connectivity index is 1.87. The highest BCUT2D eigenvalue weighted by Crippen LogP contribution is 2.39. The van der Waals surface area contributed by atoms with E-state index < -0.39 is 41.0 Å². The van der Waals surface area contributed by atoms with Crippen LogP contribution in [0, 0.1) is 5.92 Å². The van der Waals surface area contributed by atoms with E-state index in [2.05, 4.69) is 0 Å². The lowest BCUT2D eigenvalue weighted by Crippen LogP contribution is -2.40. The number of nitrogens with zero attached hydrogens (tertiary/aromatic N) is 1. The van der Waals surface area contributed by atoms with Gasteiger partial charge in [-0.25, -0.2) is 4.79 Å². The van der Waals surface area contributed by atoms with Gasteiger partial charge in [-0.1, -0.05) is 0 Å². The zero-order valence-electron chi connectivity index (χ0n) is 12.5. The molecule has 24 heavy (non-hydrogen) atoms. The molecule has 2 aliphatic rings. The van der Waals surface area contributed by atoms with E-state index in [1.165, 1.54) is 19.1 Å². The molecule has 5 nitrogen and oxygen atoms in total. The fourth-order valence-corrected chi connectivity index (χ4v) is 2.86. The summed E-state index contributed by atoms with van der Waals surface area (Å²) < 4.78 is 42.9. The Morgan fingerprint density at radius 2 is 1.79 bits per heavy atom. The maximum atomic E-state index is 12.6. The first-order chi connectivity index (χ1) is 11.1. The molecule has 0 aliphatic carbocycles. The Morgan fingerprint density at radius 3 is 2.29 bits per heavy atom. The fourth-order valence-electron chi connectivity index (χ4n) is 2.86. The van der Waals surface area contributed by atoms with Crippen LogP contribution >= 0.6 is 0 Å². The number of anilines is 1. The van der Waals surface area contributed by atoms with Gasteiger partial charge in [0.2, 0.25) is 11.8 Å². The Bertz CT molecular complexity index is 754. The summed E-state index contributed by atoms with van der Waals surface area (Å²) in [7, 11) is 0. The molecule has 0 spiro atoms. The molecule has 8 heteroatoms. The van der Waals surface area contributed by atoms with E-state index in [1.54, 1.807) is 0 Å². The standard InChI is InChI=1S/C16H12F3NO4/c1-15(7-6-13(22)24-15)11-8-12(21)20(14(11)23)10-4-2-9(3-5-10)16(17,18)19/h2-7,11H,8H2,1H3/t11-,15-/m0/s1. The Morgan fingerprint density at radius 1 is 1.17 bits per heavy atom. The van der Waals surface area contributed by atoms with Crippen molar-refractivity contribution in [2.24, 2.45) is 5.92 Å². The molecule has 0 bridgehead atoms. The molecule has 2 amide bonds. The van der Waals surface area contributed by atoms with Gasteiger partial charge in [-0.2, -0.15) is 13.2 Å². The van der Waals surface area contributed by atoms with Gasteiger partial charge < -0.3 is 4.74 Å². The van der Waals surface area contributed by atoms with Crippen LogP contribution in [0.15, 0.2) is 36.4 Å². The maximum Gasteiger partial charge on any atom is 0.416 e. The van der Waals surface area contributed by atoms with E-state index in [9.17, 15) is 27.6 Å². The van der Waals surface area contributed by atoms with Gasteiger partial charge in [0, 0.05) is 12.5 Å². The average molecular weight is 339 g/mol. The first kappa shape index (κ1) is 16.2. The first-order valence-electron chi connectivity index (χ1n) is 7.08. The van der Waals surface area contributed by atoms with Crippen LogP contribution in [0.5, 0.6) is 0 Å². The van der Waals surface area contributed by atoms with Crippen LogP contribution in [0.25, 0.3) is 0 Å². The molecule has 1 saturated heterocycles. The van der Waals surface area contributed by atoms with E-state index in [1.807, 2.05) is 0 Å². The van der Waals surface area contributed by atoms with Gasteiger partial charge in [-0.15, -0.1) is 0 Å². The molecule has 0 N–H and O–H groups in total. The summed E-state index contributed by atoms with van der Waals surface area (Å²) in [5.74, 6) is -2.68. The summed E-state index contributed by atoms with van der Waals surface area (Å²) in [5, 5.41) is 0. The molecule has 2 atom stereocenters. The van der Waals surface area contributed by atoms with Gasteiger partial charge in [0.15, 0.2) is 0 Å². The van der Waals surface area contributed by atoms with Crippen LogP contribution in [0.2, 0.25) is 0 Å². The fraction of sp³-hybridized carbons (Fsp3) is 0.312. The van der Waals surface area contributed by atoms with Crippen molar-refractivity contribution in [3.05, 3.63) is 42.0 Å². The third-order valence-electron chi connectivity index (χ3n) is 4.16. The van der Waals surface area contributed by atoms with Crippen molar-refractivity contribution in [2.45, 2.75) is 25.1 Å². The third-order valence-corrected chi connectivity index (χ3v) is 4.16. The van der Waals surface area contributed by atoms with Crippen LogP contribution in [0.3, 0.4) is 0 Å². The predicted molar refractivity (Wildman–Crippen MR) is 75.7 cm³/mol. The van der Waals surface area contributed by atoms with Crippen molar-refractivity contribution in [3.63, 3.8) is 0 Å². The second-order valence-electron chi connectivity index (χ2n) is 5.81. The van der Waals surface area contributed by atoms with E-state index in [0.717, 1.165) is 29.2 Å². The second-order valence-corrected chi connectivity index (χ2v) is 5.81. The largest absolute Gasteiger partial charge is 0.451 e. The van der Waals surface area contributed by atoms with E-state index in [-0.39, 0.29) is 12.1 Å². The lowest BCUT2D eigenvalue weighted by atomic mass is 9.88. The van der Waals surface area contributed by atoms with Crippen LogP contribution in [0.4, 0.5) is 18.9 Å². The molecular formula is C16H12F3NO4. The van der Waals surface area contributed by atoms with Gasteiger partial charge >= 0.3 is 12.1 Å². The number of halogens is 3. The van der Waals surface area contributed by atoms with E-state index >= 15 is 0 Å². The van der Waals surface area contributed by atoms with Crippen molar-refractivity contribution < 1.29 is 32.3 Å². The molecule has 0 unspecified atom stereocenters. The molecule has 0 radical (unpaired) electrons. The molecule has 126 valence electrons. The minimum Gasteiger partial charge on any atom is -0.451 e. The second kappa shape index (κ2) is 5.19. The molecule has 3 rings (SSSR count). The summed E-state index contributed by atoms with van der Waals surface area (Å²) in [6, 6.07) is 3.75. The highest BCUT2D eigenvalue weighted by Gasteiger charge is 2.52. The van der Waals surface area contributed by atoms with Crippen molar-refractivity contribution in [3.8, 4) is 0 Å². The van der Waals surface area contributed by atoms with Gasteiger partial charge in [0.05, 0.1) is 17.2 Å². The lowest BCUT2D eigenvalue weighted by Gasteiger charge is -2.26. The van der Waals surface area contributed by atoms with Crippen molar-refractivity contribution in [1.82, 2.24) is 0 Å². The summed E-state index contributed by atoms with van der Waals surface area (Å²) in [6.07, 6.45) is -2.09. The number of cyclic esters (lactones) is 1. The normalized spacial score (nSPS) is 27.1. The van der Waals surface area contributed by atoms with Gasteiger partial charge in [-0.05, 0) is 37.3 Å². The van der Waals surface area contributed by atoms with Crippen LogP contribution in [-0.4, -0.2) is 23.4 Å². The number of esters is 1. The molecule has 1 aromatic carbocycles. The number of benzene rings is 1. The van der Waals surface area contributed by atoms with Crippen LogP contribution in [0.1, 0.15) is 18.9 Å². The minimum absolute atomic E-state index is 0.0532.